The van der Waals surface area contributed by atoms with Gasteiger partial charge in [-0.05, 0) is 40.7 Å². The van der Waals surface area contributed by atoms with E-state index in [0.717, 1.165) is 6.21 Å². The van der Waals surface area contributed by atoms with Crippen LogP contribution in [0.1, 0.15) is 90.7 Å². The number of ketones is 1. The van der Waals surface area contributed by atoms with E-state index in [4.69, 9.17) is 18.9 Å². The lowest BCUT2D eigenvalue weighted by Gasteiger charge is -2.38. The zero-order chi connectivity index (χ0) is 45.0. The fraction of sp³-hybridized carbons (Fsp3) is 0.523. The Morgan fingerprint density at radius 2 is 1.60 bits per heavy atom. The highest BCUT2D eigenvalue weighted by Crippen LogP contribution is 2.55. The van der Waals surface area contributed by atoms with Gasteiger partial charge in [-0.1, -0.05) is 45.9 Å². The fourth-order valence-corrected chi connectivity index (χ4v) is 7.79. The minimum atomic E-state index is -2.07. The molecule has 3 heterocycles. The smallest absolute Gasteiger partial charge is 0.312 e. The highest BCUT2D eigenvalue weighted by Gasteiger charge is 2.50. The minimum Gasteiger partial charge on any atom is -0.507 e. The molecular formula is C44H60N4O12. The molecule has 1 amide bonds. The fourth-order valence-electron chi connectivity index (χ4n) is 7.79. The Morgan fingerprint density at radius 1 is 0.950 bits per heavy atom. The van der Waals surface area contributed by atoms with E-state index >= 15 is 0 Å². The number of ether oxygens (including phenoxy) is 4. The average molecular weight is 837 g/mol. The highest BCUT2D eigenvalue weighted by molar-refractivity contribution is 6.23. The Bertz CT molecular complexity index is 2120. The van der Waals surface area contributed by atoms with Gasteiger partial charge in [0.25, 0.3) is 11.7 Å². The maximum Gasteiger partial charge on any atom is 0.312 e. The van der Waals surface area contributed by atoms with E-state index in [1.165, 1.54) is 53.2 Å². The topological polar surface area (TPSA) is 229 Å². The van der Waals surface area contributed by atoms with Gasteiger partial charge < -0.3 is 54.7 Å². The summed E-state index contributed by atoms with van der Waals surface area (Å²) in [5, 5.41) is 68.7. The molecule has 0 saturated carbocycles. The Kier molecular flexibility index (Phi) is 15.2. The number of amidine groups is 1. The number of phenolic OH excluding ortho intramolecular Hbond substituents is 3. The number of aliphatic hydroxyl groups is 2. The van der Waals surface area contributed by atoms with Crippen LogP contribution in [0.3, 0.4) is 0 Å². The van der Waals surface area contributed by atoms with Crippen LogP contribution < -0.4 is 10.1 Å². The Hall–Kier alpha value is -5.45. The molecule has 5 rings (SSSR count). The van der Waals surface area contributed by atoms with Gasteiger partial charge in [-0.3, -0.25) is 14.4 Å². The van der Waals surface area contributed by atoms with Crippen LogP contribution in [-0.2, 0) is 23.8 Å². The number of anilines is 1. The van der Waals surface area contributed by atoms with Crippen LogP contribution in [-0.4, -0.2) is 111 Å². The molecule has 0 spiro atoms. The molecule has 5 bridgehead atoms. The number of carbonyl (C=O) groups is 3. The number of allylic oxidation sites excluding steroid dienone is 2. The predicted octanol–water partition coefficient (Wildman–Crippen LogP) is 5.85. The molecule has 2 aromatic carbocycles. The monoisotopic (exact) mass is 836 g/mol. The number of fused-ring (bicyclic) bond motifs is 14. The number of carbonyl (C=O) groups excluding carboxylic acids is 3. The van der Waals surface area contributed by atoms with E-state index in [0.29, 0.717) is 18.9 Å². The summed E-state index contributed by atoms with van der Waals surface area (Å²) in [6, 6.07) is 0. The molecule has 328 valence electrons. The summed E-state index contributed by atoms with van der Waals surface area (Å²) >= 11 is 0. The maximum atomic E-state index is 14.4. The molecule has 2 aromatic rings. The minimum absolute atomic E-state index is 0.0347. The molecule has 16 heteroatoms. The Labute approximate surface area is 350 Å². The lowest BCUT2D eigenvalue weighted by Crippen LogP contribution is -2.46. The third-order valence-electron chi connectivity index (χ3n) is 11.6. The van der Waals surface area contributed by atoms with E-state index in [9.17, 15) is 39.9 Å². The lowest BCUT2D eigenvalue weighted by molar-refractivity contribution is -0.160. The number of esters is 1. The van der Waals surface area contributed by atoms with Gasteiger partial charge in [-0.25, -0.2) is 0 Å². The molecule has 0 aromatic heterocycles. The standard InChI is InChI=1S/C44H60N4O12/c1-13-48(14-2)27(9)47-45-20-29-34-39(54)32-31(38(29)53)33-41(26(8)37(32)52)60-44(11,42(33)55)58-19-18-30(57-12)23(5)40(59-28(10)49)25(7)36(51)24(6)35(50)21(3)16-15-17-22(4)43(56)46-34/h15-21,23-25,30,35-36,40,50-54H,13-14H2,1-12H3,(H,46,56)/b16-15-,19-18-,22-17-,45-20+,47-27-/t21-,23+,24+,25+,30-,35-,36+,40+,44-/m0/s1. The van der Waals surface area contributed by atoms with Crippen molar-refractivity contribution < 1.29 is 58.9 Å². The number of nitrogens with one attached hydrogen (secondary N) is 1. The van der Waals surface area contributed by atoms with Crippen LogP contribution >= 0.6 is 0 Å². The summed E-state index contributed by atoms with van der Waals surface area (Å²) in [6.45, 7) is 19.4. The van der Waals surface area contributed by atoms with Crippen molar-refractivity contribution in [3.05, 3.63) is 52.8 Å². The van der Waals surface area contributed by atoms with Gasteiger partial charge >= 0.3 is 11.8 Å². The van der Waals surface area contributed by atoms with E-state index in [-0.39, 0.29) is 44.5 Å². The van der Waals surface area contributed by atoms with Gasteiger partial charge in [0.15, 0.2) is 5.75 Å². The van der Waals surface area contributed by atoms with Gasteiger partial charge in [0.1, 0.15) is 29.2 Å². The Balaban J connectivity index is 2.00. The number of hydrogen-bond acceptors (Lipinski definition) is 14. The molecule has 0 aliphatic carbocycles. The van der Waals surface area contributed by atoms with Crippen molar-refractivity contribution in [1.82, 2.24) is 4.90 Å². The lowest BCUT2D eigenvalue weighted by atomic mass is 9.78. The number of benzene rings is 2. The van der Waals surface area contributed by atoms with Gasteiger partial charge in [0, 0.05) is 74.2 Å². The van der Waals surface area contributed by atoms with Crippen LogP contribution in [0.15, 0.2) is 46.3 Å². The first-order chi connectivity index (χ1) is 28.2. The Morgan fingerprint density at radius 3 is 2.20 bits per heavy atom. The zero-order valence-corrected chi connectivity index (χ0v) is 36.4. The molecule has 6 N–H and O–H groups in total. The van der Waals surface area contributed by atoms with E-state index in [1.54, 1.807) is 46.8 Å². The summed E-state index contributed by atoms with van der Waals surface area (Å²) in [5.74, 6) is -8.09. The largest absolute Gasteiger partial charge is 0.507 e. The van der Waals surface area contributed by atoms with Crippen LogP contribution in [0.5, 0.6) is 23.0 Å². The number of phenols is 3. The van der Waals surface area contributed by atoms with Gasteiger partial charge in [0.2, 0.25) is 0 Å². The molecule has 0 fully saturated rings. The number of rotatable bonds is 6. The van der Waals surface area contributed by atoms with Crippen molar-refractivity contribution >= 4 is 46.2 Å². The summed E-state index contributed by atoms with van der Waals surface area (Å²) in [4.78, 5) is 42.4. The summed E-state index contributed by atoms with van der Waals surface area (Å²) in [5.41, 5.74) is -0.591. The van der Waals surface area contributed by atoms with E-state index in [1.807, 2.05) is 18.7 Å². The van der Waals surface area contributed by atoms with Crippen LogP contribution in [0.25, 0.3) is 10.8 Å². The number of amides is 1. The molecule has 0 unspecified atom stereocenters. The van der Waals surface area contributed by atoms with Crippen molar-refractivity contribution in [2.75, 3.05) is 25.5 Å². The summed E-state index contributed by atoms with van der Waals surface area (Å²) in [7, 11) is 1.43. The van der Waals surface area contributed by atoms with Crippen molar-refractivity contribution in [3.63, 3.8) is 0 Å². The zero-order valence-electron chi connectivity index (χ0n) is 36.4. The number of nitrogens with zero attached hydrogens (tertiary/aromatic N) is 3. The van der Waals surface area contributed by atoms with E-state index < -0.39 is 88.8 Å². The number of methoxy groups -OCH3 is 1. The molecule has 0 saturated heterocycles. The second-order valence-electron chi connectivity index (χ2n) is 15.7. The third kappa shape index (κ3) is 9.30. The third-order valence-corrected chi connectivity index (χ3v) is 11.6. The summed E-state index contributed by atoms with van der Waals surface area (Å²) in [6.07, 6.45) is 4.58. The molecule has 9 atom stereocenters. The highest BCUT2D eigenvalue weighted by atomic mass is 16.7. The maximum absolute atomic E-state index is 14.4. The molecule has 16 nitrogen and oxygen atoms in total. The van der Waals surface area contributed by atoms with Gasteiger partial charge in [-0.2, -0.15) is 5.10 Å². The van der Waals surface area contributed by atoms with E-state index in [2.05, 4.69) is 15.5 Å². The molecule has 60 heavy (non-hydrogen) atoms. The molecule has 3 aliphatic heterocycles. The molecule has 0 radical (unpaired) electrons. The SMILES string of the molecule is CCN(CC)/C(C)=N\N=C\c1c2c(O)c3c(O)c(C)c4c(c3c1O)C(=O)[C@@](C)(O/C=C\[C@H](OC)[C@@H](C)[C@@H](OC(C)=O)[C@H](C)[C@H](O)[C@H](C)[C@@H](O)[C@@H](C)/C=C\C=C(\C)C(=O)N2)O4. The first kappa shape index (κ1) is 47.2. The van der Waals surface area contributed by atoms with Crippen LogP contribution in [0.4, 0.5) is 5.69 Å². The first-order valence-electron chi connectivity index (χ1n) is 20.1. The van der Waals surface area contributed by atoms with Crippen molar-refractivity contribution in [1.29, 1.82) is 0 Å². The quantitative estimate of drug-likeness (QED) is 0.0502. The number of aromatic hydroxyl groups is 3. The average Bonchev–Trinajstić information content (AvgIpc) is 3.47. The van der Waals surface area contributed by atoms with Crippen LogP contribution in [0, 0.1) is 30.6 Å². The first-order valence-corrected chi connectivity index (χ1v) is 20.1. The number of aliphatic hydroxyl groups excluding tert-OH is 2. The summed E-state index contributed by atoms with van der Waals surface area (Å²) < 4.78 is 23.6. The second-order valence-corrected chi connectivity index (χ2v) is 15.7. The molecular weight excluding hydrogens is 776 g/mol. The normalized spacial score (nSPS) is 30.1. The predicted molar refractivity (Wildman–Crippen MR) is 227 cm³/mol. The van der Waals surface area contributed by atoms with Crippen molar-refractivity contribution in [2.24, 2.45) is 33.9 Å². The molecule has 3 aliphatic rings. The van der Waals surface area contributed by atoms with Crippen LogP contribution in [0.2, 0.25) is 0 Å². The number of Topliss-reactive ketones (excluding diaryl/α,β-unsaturated/α-hetero) is 1. The van der Waals surface area contributed by atoms with Crippen molar-refractivity contribution in [2.45, 2.75) is 106 Å². The second kappa shape index (κ2) is 19.3. The number of hydrogen-bond donors (Lipinski definition) is 6. The van der Waals surface area contributed by atoms with Gasteiger partial charge in [0.05, 0.1) is 53.0 Å². The van der Waals surface area contributed by atoms with Crippen molar-refractivity contribution in [3.8, 4) is 23.0 Å². The van der Waals surface area contributed by atoms with Gasteiger partial charge in [-0.15, -0.1) is 5.10 Å².